The number of likely N-dealkylation sites (tertiary alicyclic amines) is 1. The summed E-state index contributed by atoms with van der Waals surface area (Å²) in [5.74, 6) is 1.97. The van der Waals surface area contributed by atoms with Crippen LogP contribution in [0.25, 0.3) is 0 Å². The minimum Gasteiger partial charge on any atom is -0.320 e. The molecule has 0 aliphatic carbocycles. The van der Waals surface area contributed by atoms with Gasteiger partial charge in [-0.3, -0.25) is 4.90 Å². The van der Waals surface area contributed by atoms with E-state index < -0.39 is 0 Å². The second kappa shape index (κ2) is 6.12. The number of rotatable bonds is 5. The van der Waals surface area contributed by atoms with Gasteiger partial charge in [0.25, 0.3) is 0 Å². The van der Waals surface area contributed by atoms with Crippen LogP contribution in [0.4, 0.5) is 0 Å². The lowest BCUT2D eigenvalue weighted by Gasteiger charge is -2.31. The predicted molar refractivity (Wildman–Crippen MR) is 67.5 cm³/mol. The van der Waals surface area contributed by atoms with Gasteiger partial charge in [-0.25, -0.2) is 0 Å². The molecule has 1 aliphatic rings. The zero-order valence-electron chi connectivity index (χ0n) is 10.9. The van der Waals surface area contributed by atoms with Crippen LogP contribution in [0, 0.1) is 5.92 Å². The molecule has 1 aromatic heterocycles. The van der Waals surface area contributed by atoms with Gasteiger partial charge in [0.15, 0.2) is 0 Å². The summed E-state index contributed by atoms with van der Waals surface area (Å²) in [4.78, 5) is 2.49. The molecule has 2 rings (SSSR count). The molecule has 0 spiro atoms. The first kappa shape index (κ1) is 12.5. The molecular weight excluding hydrogens is 214 g/mol. The largest absolute Gasteiger partial charge is 0.320 e. The molecule has 1 aromatic rings. The molecule has 17 heavy (non-hydrogen) atoms. The van der Waals surface area contributed by atoms with Gasteiger partial charge in [-0.1, -0.05) is 0 Å². The summed E-state index contributed by atoms with van der Waals surface area (Å²) >= 11 is 0. The van der Waals surface area contributed by atoms with Crippen LogP contribution in [0.15, 0.2) is 6.33 Å². The summed E-state index contributed by atoms with van der Waals surface area (Å²) in [6.45, 7) is 4.48. The molecule has 1 saturated heterocycles. The highest BCUT2D eigenvalue weighted by Crippen LogP contribution is 2.20. The van der Waals surface area contributed by atoms with Crippen molar-refractivity contribution in [2.45, 2.75) is 25.8 Å². The summed E-state index contributed by atoms with van der Waals surface area (Å²) in [6.07, 6.45) is 5.72. The van der Waals surface area contributed by atoms with E-state index in [1.54, 1.807) is 6.33 Å². The van der Waals surface area contributed by atoms with Crippen LogP contribution in [-0.2, 0) is 13.6 Å². The lowest BCUT2D eigenvalue weighted by Crippen LogP contribution is -2.34. The summed E-state index contributed by atoms with van der Waals surface area (Å²) in [7, 11) is 4.04. The summed E-state index contributed by atoms with van der Waals surface area (Å²) in [5.41, 5.74) is 0. The van der Waals surface area contributed by atoms with Gasteiger partial charge in [-0.2, -0.15) is 0 Å². The first-order valence-corrected chi connectivity index (χ1v) is 6.49. The Morgan fingerprint density at radius 2 is 2.18 bits per heavy atom. The third-order valence-corrected chi connectivity index (χ3v) is 3.68. The smallest absolute Gasteiger partial charge is 0.146 e. The number of aromatic nitrogens is 3. The Labute approximate surface area is 103 Å². The molecule has 1 aliphatic heterocycles. The Bertz CT molecular complexity index is 327. The maximum atomic E-state index is 4.14. The normalized spacial score (nSPS) is 18.7. The van der Waals surface area contributed by atoms with Crippen LogP contribution in [0.2, 0.25) is 0 Å². The Morgan fingerprint density at radius 3 is 2.76 bits per heavy atom. The zero-order valence-corrected chi connectivity index (χ0v) is 10.9. The Hall–Kier alpha value is -0.940. The van der Waals surface area contributed by atoms with Crippen LogP contribution in [0.3, 0.4) is 0 Å². The van der Waals surface area contributed by atoms with Crippen molar-refractivity contribution < 1.29 is 0 Å². The van der Waals surface area contributed by atoms with E-state index in [1.165, 1.54) is 32.4 Å². The molecule has 0 bridgehead atoms. The fourth-order valence-electron chi connectivity index (χ4n) is 2.43. The molecule has 1 fully saturated rings. The number of hydrogen-bond donors (Lipinski definition) is 1. The maximum Gasteiger partial charge on any atom is 0.146 e. The number of nitrogens with one attached hydrogen (secondary N) is 1. The lowest BCUT2D eigenvalue weighted by atomic mass is 9.93. The molecule has 0 unspecified atom stereocenters. The molecule has 0 radical (unpaired) electrons. The van der Waals surface area contributed by atoms with Crippen molar-refractivity contribution in [1.29, 1.82) is 0 Å². The average molecular weight is 237 g/mol. The van der Waals surface area contributed by atoms with Crippen molar-refractivity contribution >= 4 is 0 Å². The van der Waals surface area contributed by atoms with Gasteiger partial charge in [0.1, 0.15) is 12.2 Å². The third kappa shape index (κ3) is 3.51. The molecular formula is C12H23N5. The second-order valence-corrected chi connectivity index (χ2v) is 4.97. The van der Waals surface area contributed by atoms with E-state index in [4.69, 9.17) is 0 Å². The molecule has 0 saturated carbocycles. The van der Waals surface area contributed by atoms with E-state index in [0.29, 0.717) is 0 Å². The fourth-order valence-corrected chi connectivity index (χ4v) is 2.43. The minimum atomic E-state index is 0.901. The molecule has 0 atom stereocenters. The molecule has 5 heteroatoms. The molecule has 0 amide bonds. The standard InChI is InChI=1S/C12H23N5/c1-13-6-3-11-4-7-17(8-5-11)9-12-15-14-10-16(12)2/h10-11,13H,3-9H2,1-2H3. The second-order valence-electron chi connectivity index (χ2n) is 4.97. The topological polar surface area (TPSA) is 46.0 Å². The van der Waals surface area contributed by atoms with E-state index in [0.717, 1.165) is 24.8 Å². The van der Waals surface area contributed by atoms with Gasteiger partial charge in [-0.15, -0.1) is 10.2 Å². The quantitative estimate of drug-likeness (QED) is 0.816. The minimum absolute atomic E-state index is 0.901. The van der Waals surface area contributed by atoms with Gasteiger partial charge >= 0.3 is 0 Å². The average Bonchev–Trinajstić information content (AvgIpc) is 2.74. The van der Waals surface area contributed by atoms with Crippen LogP contribution in [-0.4, -0.2) is 46.3 Å². The molecule has 96 valence electrons. The number of nitrogens with zero attached hydrogens (tertiary/aromatic N) is 4. The van der Waals surface area contributed by atoms with E-state index >= 15 is 0 Å². The first-order chi connectivity index (χ1) is 8.29. The highest BCUT2D eigenvalue weighted by atomic mass is 15.3. The predicted octanol–water partition coefficient (Wildman–Crippen LogP) is 0.637. The molecule has 1 N–H and O–H groups in total. The van der Waals surface area contributed by atoms with Crippen molar-refractivity contribution in [2.75, 3.05) is 26.7 Å². The monoisotopic (exact) mass is 237 g/mol. The summed E-state index contributed by atoms with van der Waals surface area (Å²) in [5, 5.41) is 11.3. The molecule has 2 heterocycles. The maximum absolute atomic E-state index is 4.14. The van der Waals surface area contributed by atoms with E-state index in [2.05, 4.69) is 20.4 Å². The van der Waals surface area contributed by atoms with Crippen LogP contribution < -0.4 is 5.32 Å². The van der Waals surface area contributed by atoms with Gasteiger partial charge in [0.2, 0.25) is 0 Å². The Balaban J connectivity index is 1.74. The van der Waals surface area contributed by atoms with Crippen LogP contribution >= 0.6 is 0 Å². The van der Waals surface area contributed by atoms with Crippen molar-refractivity contribution in [3.63, 3.8) is 0 Å². The summed E-state index contributed by atoms with van der Waals surface area (Å²) in [6, 6.07) is 0. The number of hydrogen-bond acceptors (Lipinski definition) is 4. The SMILES string of the molecule is CNCCC1CCN(Cc2nncn2C)CC1. The van der Waals surface area contributed by atoms with Crippen molar-refractivity contribution in [1.82, 2.24) is 25.0 Å². The van der Waals surface area contributed by atoms with E-state index in [1.807, 2.05) is 18.7 Å². The zero-order chi connectivity index (χ0) is 12.1. The molecule has 5 nitrogen and oxygen atoms in total. The molecule has 0 aromatic carbocycles. The first-order valence-electron chi connectivity index (χ1n) is 6.49. The number of aryl methyl sites for hydroxylation is 1. The summed E-state index contributed by atoms with van der Waals surface area (Å²) < 4.78 is 2.01. The highest BCUT2D eigenvalue weighted by Gasteiger charge is 2.19. The van der Waals surface area contributed by atoms with Gasteiger partial charge in [-0.05, 0) is 51.9 Å². The third-order valence-electron chi connectivity index (χ3n) is 3.68. The van der Waals surface area contributed by atoms with Crippen molar-refractivity contribution in [2.24, 2.45) is 13.0 Å². The van der Waals surface area contributed by atoms with E-state index in [9.17, 15) is 0 Å². The van der Waals surface area contributed by atoms with Gasteiger partial charge in [0, 0.05) is 7.05 Å². The van der Waals surface area contributed by atoms with Crippen molar-refractivity contribution in [3.8, 4) is 0 Å². The Kier molecular flexibility index (Phi) is 4.50. The van der Waals surface area contributed by atoms with Crippen molar-refractivity contribution in [3.05, 3.63) is 12.2 Å². The highest BCUT2D eigenvalue weighted by molar-refractivity contribution is 4.85. The van der Waals surface area contributed by atoms with Crippen LogP contribution in [0.1, 0.15) is 25.1 Å². The number of piperidine rings is 1. The Morgan fingerprint density at radius 1 is 1.41 bits per heavy atom. The van der Waals surface area contributed by atoms with Gasteiger partial charge in [0.05, 0.1) is 6.54 Å². The van der Waals surface area contributed by atoms with Gasteiger partial charge < -0.3 is 9.88 Å². The fraction of sp³-hybridized carbons (Fsp3) is 0.833. The van der Waals surface area contributed by atoms with Crippen LogP contribution in [0.5, 0.6) is 0 Å². The lowest BCUT2D eigenvalue weighted by molar-refractivity contribution is 0.167. The van der Waals surface area contributed by atoms with E-state index in [-0.39, 0.29) is 0 Å².